The van der Waals surface area contributed by atoms with Gasteiger partial charge in [-0.15, -0.1) is 0 Å². The lowest BCUT2D eigenvalue weighted by atomic mass is 9.69. The van der Waals surface area contributed by atoms with Gasteiger partial charge in [0.25, 0.3) is 0 Å². The smallest absolute Gasteiger partial charge is 0.0619 e. The molecule has 0 aliphatic heterocycles. The molecule has 0 N–H and O–H groups in total. The maximum absolute atomic E-state index is 2.55. The Labute approximate surface area is 318 Å². The predicted octanol–water partition coefficient (Wildman–Crippen LogP) is 14.6. The van der Waals surface area contributed by atoms with E-state index in [0.717, 1.165) is 0 Å². The molecule has 0 heterocycles. The maximum atomic E-state index is 2.55. The highest BCUT2D eigenvalue weighted by Gasteiger charge is 2.53. The molecule has 0 nitrogen and oxygen atoms in total. The molecule has 0 aromatic heterocycles. The summed E-state index contributed by atoms with van der Waals surface area (Å²) < 4.78 is 0. The number of hydrogen-bond acceptors (Lipinski definition) is 0. The van der Waals surface area contributed by atoms with Crippen LogP contribution in [-0.2, 0) is 5.41 Å². The van der Waals surface area contributed by atoms with E-state index < -0.39 is 5.41 Å². The van der Waals surface area contributed by atoms with Gasteiger partial charge in [-0.05, 0) is 127 Å². The second-order valence-electron chi connectivity index (χ2n) is 15.5. The van der Waals surface area contributed by atoms with Crippen molar-refractivity contribution in [3.8, 4) is 44.5 Å². The van der Waals surface area contributed by atoms with Gasteiger partial charge in [0, 0.05) is 0 Å². The van der Waals surface area contributed by atoms with Gasteiger partial charge < -0.3 is 0 Å². The maximum Gasteiger partial charge on any atom is 0.0731 e. The molecule has 2 aliphatic carbocycles. The van der Waals surface area contributed by atoms with E-state index in [1.165, 1.54) is 121 Å². The normalized spacial score (nSPS) is 13.6. The van der Waals surface area contributed by atoms with Crippen LogP contribution >= 0.6 is 0 Å². The lowest BCUT2D eigenvalue weighted by Crippen LogP contribution is -2.26. The van der Waals surface area contributed by atoms with Crippen molar-refractivity contribution in [2.24, 2.45) is 0 Å². The van der Waals surface area contributed by atoms with Crippen LogP contribution in [0.5, 0.6) is 0 Å². The van der Waals surface area contributed by atoms with E-state index in [-0.39, 0.29) is 0 Å². The molecule has 0 saturated heterocycles. The number of benzene rings is 11. The van der Waals surface area contributed by atoms with Crippen molar-refractivity contribution in [3.63, 3.8) is 0 Å². The Balaban J connectivity index is 1.08. The molecule has 2 aliphatic rings. The van der Waals surface area contributed by atoms with Crippen molar-refractivity contribution in [2.75, 3.05) is 0 Å². The molecule has 0 atom stereocenters. The van der Waals surface area contributed by atoms with Crippen molar-refractivity contribution in [1.29, 1.82) is 0 Å². The number of rotatable bonds is 2. The number of hydrogen-bond donors (Lipinski definition) is 0. The summed E-state index contributed by atoms with van der Waals surface area (Å²) in [5, 5.41) is 13.1. The predicted molar refractivity (Wildman–Crippen MR) is 232 cm³/mol. The largest absolute Gasteiger partial charge is 0.0731 e. The van der Waals surface area contributed by atoms with E-state index in [9.17, 15) is 0 Å². The van der Waals surface area contributed by atoms with Gasteiger partial charge in [-0.3, -0.25) is 0 Å². The molecular formula is C55H32. The van der Waals surface area contributed by atoms with Crippen molar-refractivity contribution < 1.29 is 0 Å². The molecule has 0 fully saturated rings. The van der Waals surface area contributed by atoms with Crippen LogP contribution in [0.1, 0.15) is 22.3 Å². The first-order valence-electron chi connectivity index (χ1n) is 19.3. The highest BCUT2D eigenvalue weighted by Crippen LogP contribution is 2.65. The zero-order chi connectivity index (χ0) is 35.8. The lowest BCUT2D eigenvalue weighted by molar-refractivity contribution is 0.802. The SMILES string of the molecule is c1ccc2c(c1)-c1ccccc1C21c2cc(-c3ccc(-c4ccc5ccc6cccc7ccc4c5c67)cc3)c3ccccc3c2-c2ccc3ccccc3c21. The summed E-state index contributed by atoms with van der Waals surface area (Å²) in [6.45, 7) is 0. The van der Waals surface area contributed by atoms with Gasteiger partial charge in [0.05, 0.1) is 5.41 Å². The molecule has 0 saturated carbocycles. The third-order valence-electron chi connectivity index (χ3n) is 13.0. The lowest BCUT2D eigenvalue weighted by Gasteiger charge is -2.32. The van der Waals surface area contributed by atoms with Crippen LogP contribution < -0.4 is 0 Å². The Morgan fingerprint density at radius 3 is 1.55 bits per heavy atom. The highest BCUT2D eigenvalue weighted by atomic mass is 14.5. The molecule has 1 spiro atoms. The van der Waals surface area contributed by atoms with Crippen LogP contribution in [0.3, 0.4) is 0 Å². The van der Waals surface area contributed by atoms with Crippen molar-refractivity contribution in [1.82, 2.24) is 0 Å². The topological polar surface area (TPSA) is 0 Å². The molecule has 11 aromatic rings. The van der Waals surface area contributed by atoms with Crippen LogP contribution in [0.4, 0.5) is 0 Å². The first kappa shape index (κ1) is 29.4. The molecule has 0 unspecified atom stereocenters. The van der Waals surface area contributed by atoms with Crippen LogP contribution in [0.25, 0.3) is 98.4 Å². The van der Waals surface area contributed by atoms with Crippen LogP contribution in [0.15, 0.2) is 194 Å². The Hall–Kier alpha value is -7.02. The molecule has 13 rings (SSSR count). The van der Waals surface area contributed by atoms with Crippen molar-refractivity contribution in [3.05, 3.63) is 216 Å². The average Bonchev–Trinajstić information content (AvgIpc) is 3.73. The molecule has 0 radical (unpaired) electrons. The highest BCUT2D eigenvalue weighted by molar-refractivity contribution is 6.25. The van der Waals surface area contributed by atoms with Crippen LogP contribution in [0.2, 0.25) is 0 Å². The molecular weight excluding hydrogens is 661 g/mol. The second kappa shape index (κ2) is 10.6. The summed E-state index contributed by atoms with van der Waals surface area (Å²) in [6, 6.07) is 73.3. The molecule has 252 valence electrons. The quantitative estimate of drug-likeness (QED) is 0.158. The fraction of sp³-hybridized carbons (Fsp3) is 0.0182. The monoisotopic (exact) mass is 692 g/mol. The molecule has 11 aromatic carbocycles. The second-order valence-corrected chi connectivity index (χ2v) is 15.5. The van der Waals surface area contributed by atoms with Gasteiger partial charge in [-0.1, -0.05) is 188 Å². The van der Waals surface area contributed by atoms with Crippen molar-refractivity contribution >= 4 is 53.9 Å². The minimum atomic E-state index is -0.445. The average molecular weight is 693 g/mol. The Morgan fingerprint density at radius 2 is 0.800 bits per heavy atom. The minimum Gasteiger partial charge on any atom is -0.0619 e. The number of fused-ring (bicyclic) bond motifs is 14. The Morgan fingerprint density at radius 1 is 0.273 bits per heavy atom. The van der Waals surface area contributed by atoms with E-state index >= 15 is 0 Å². The molecule has 0 amide bonds. The Bertz CT molecular complexity index is 3360. The van der Waals surface area contributed by atoms with E-state index in [0.29, 0.717) is 0 Å². The summed E-state index contributed by atoms with van der Waals surface area (Å²) in [7, 11) is 0. The van der Waals surface area contributed by atoms with Gasteiger partial charge in [0.2, 0.25) is 0 Å². The van der Waals surface area contributed by atoms with Gasteiger partial charge in [-0.25, -0.2) is 0 Å². The van der Waals surface area contributed by atoms with E-state index in [4.69, 9.17) is 0 Å². The third kappa shape index (κ3) is 3.67. The van der Waals surface area contributed by atoms with Gasteiger partial charge in [0.15, 0.2) is 0 Å². The molecule has 0 bridgehead atoms. The molecule has 55 heavy (non-hydrogen) atoms. The molecule has 0 heteroatoms. The van der Waals surface area contributed by atoms with Gasteiger partial charge in [-0.2, -0.15) is 0 Å². The van der Waals surface area contributed by atoms with Crippen LogP contribution in [-0.4, -0.2) is 0 Å². The standard InChI is InChI=1S/C55H32/c1-2-13-40-33(10-1)26-31-46-53-44-17-4-3-14-41(44)47(32-50(53)55(54(40)46)48-18-7-5-15-42(48)43-16-6-8-19-49(43)55)35-22-20-34(21-23-35)39-29-27-38-25-24-36-11-9-12-37-28-30-45(39)52(38)51(36)37/h1-32H. The minimum absolute atomic E-state index is 0.445. The summed E-state index contributed by atoms with van der Waals surface area (Å²) in [5.74, 6) is 0. The Kier molecular flexibility index (Phi) is 5.65. The zero-order valence-corrected chi connectivity index (χ0v) is 30.0. The van der Waals surface area contributed by atoms with Gasteiger partial charge in [0.1, 0.15) is 0 Å². The van der Waals surface area contributed by atoms with E-state index in [1.807, 2.05) is 0 Å². The fourth-order valence-corrected chi connectivity index (χ4v) is 10.8. The van der Waals surface area contributed by atoms with Crippen LogP contribution in [0, 0.1) is 0 Å². The summed E-state index contributed by atoms with van der Waals surface area (Å²) in [5.41, 5.74) is 15.5. The fourth-order valence-electron chi connectivity index (χ4n) is 10.8. The third-order valence-corrected chi connectivity index (χ3v) is 13.0. The van der Waals surface area contributed by atoms with Gasteiger partial charge >= 0.3 is 0 Å². The first-order valence-corrected chi connectivity index (χ1v) is 19.3. The van der Waals surface area contributed by atoms with E-state index in [1.54, 1.807) is 0 Å². The van der Waals surface area contributed by atoms with E-state index in [2.05, 4.69) is 194 Å². The van der Waals surface area contributed by atoms with Crippen molar-refractivity contribution in [2.45, 2.75) is 5.41 Å². The summed E-state index contributed by atoms with van der Waals surface area (Å²) >= 11 is 0. The zero-order valence-electron chi connectivity index (χ0n) is 30.0. The first-order chi connectivity index (χ1) is 27.3. The summed E-state index contributed by atoms with van der Waals surface area (Å²) in [4.78, 5) is 0. The summed E-state index contributed by atoms with van der Waals surface area (Å²) in [6.07, 6.45) is 0.